The van der Waals surface area contributed by atoms with Gasteiger partial charge >= 0.3 is 0 Å². The Hall–Kier alpha value is -2.74. The third kappa shape index (κ3) is 3.13. The maximum atomic E-state index is 12.7. The number of hydrogen-bond acceptors (Lipinski definition) is 5. The van der Waals surface area contributed by atoms with Gasteiger partial charge in [0.25, 0.3) is 11.6 Å². The minimum atomic E-state index is -0.447. The predicted molar refractivity (Wildman–Crippen MR) is 88.2 cm³/mol. The summed E-state index contributed by atoms with van der Waals surface area (Å²) in [5, 5.41) is 18.1. The van der Waals surface area contributed by atoms with Crippen LogP contribution in [0.25, 0.3) is 5.69 Å². The number of amides is 1. The fourth-order valence-electron chi connectivity index (χ4n) is 3.01. The zero-order valence-electron chi connectivity index (χ0n) is 13.4. The summed E-state index contributed by atoms with van der Waals surface area (Å²) >= 11 is 0. The highest BCUT2D eigenvalue weighted by Crippen LogP contribution is 2.20. The van der Waals surface area contributed by atoms with Crippen molar-refractivity contribution in [3.05, 3.63) is 52.3 Å². The number of aromatic nitrogens is 2. The Kier molecular flexibility index (Phi) is 4.57. The van der Waals surface area contributed by atoms with Crippen LogP contribution in [0.2, 0.25) is 0 Å². The van der Waals surface area contributed by atoms with Crippen LogP contribution in [0.4, 0.5) is 5.69 Å². The van der Waals surface area contributed by atoms with Gasteiger partial charge in [0.2, 0.25) is 0 Å². The van der Waals surface area contributed by atoms with Gasteiger partial charge in [-0.3, -0.25) is 14.9 Å². The van der Waals surface area contributed by atoms with Gasteiger partial charge in [-0.05, 0) is 38.1 Å². The molecular weight excluding hydrogens is 310 g/mol. The molecule has 1 aliphatic heterocycles. The summed E-state index contributed by atoms with van der Waals surface area (Å²) in [4.78, 5) is 24.8. The quantitative estimate of drug-likeness (QED) is 0.664. The van der Waals surface area contributed by atoms with Gasteiger partial charge in [-0.15, -0.1) is 0 Å². The molecule has 0 bridgehead atoms. The Bertz CT molecular complexity index is 740. The third-order valence-corrected chi connectivity index (χ3v) is 4.21. The van der Waals surface area contributed by atoms with Crippen LogP contribution < -0.4 is 5.32 Å². The minimum absolute atomic E-state index is 0.0224. The summed E-state index contributed by atoms with van der Waals surface area (Å²) in [6, 6.07) is 7.94. The molecule has 1 saturated heterocycles. The van der Waals surface area contributed by atoms with Crippen molar-refractivity contribution in [2.75, 3.05) is 20.1 Å². The number of carbonyl (C=O) groups excluding carboxylic acids is 1. The van der Waals surface area contributed by atoms with E-state index in [1.807, 2.05) is 11.9 Å². The zero-order valence-corrected chi connectivity index (χ0v) is 13.4. The normalized spacial score (nSPS) is 17.2. The second-order valence-corrected chi connectivity index (χ2v) is 5.77. The van der Waals surface area contributed by atoms with Gasteiger partial charge < -0.3 is 10.2 Å². The van der Waals surface area contributed by atoms with Crippen LogP contribution in [0.3, 0.4) is 0 Å². The lowest BCUT2D eigenvalue weighted by Gasteiger charge is -2.23. The molecule has 0 spiro atoms. The molecule has 0 aliphatic carbocycles. The van der Waals surface area contributed by atoms with Gasteiger partial charge in [0.05, 0.1) is 10.6 Å². The smallest absolute Gasteiger partial charge is 0.274 e. The first-order valence-electron chi connectivity index (χ1n) is 7.86. The van der Waals surface area contributed by atoms with E-state index in [1.165, 1.54) is 12.1 Å². The van der Waals surface area contributed by atoms with Crippen molar-refractivity contribution in [1.29, 1.82) is 0 Å². The monoisotopic (exact) mass is 329 g/mol. The van der Waals surface area contributed by atoms with Crippen LogP contribution in [-0.4, -0.2) is 51.7 Å². The number of nitrogens with zero attached hydrogens (tertiary/aromatic N) is 4. The zero-order chi connectivity index (χ0) is 17.1. The lowest BCUT2D eigenvalue weighted by atomic mass is 10.2. The Morgan fingerprint density at radius 1 is 1.38 bits per heavy atom. The molecule has 126 valence electrons. The van der Waals surface area contributed by atoms with Gasteiger partial charge in [0, 0.05) is 37.5 Å². The summed E-state index contributed by atoms with van der Waals surface area (Å²) in [7, 11) is 1.88. The third-order valence-electron chi connectivity index (χ3n) is 4.21. The van der Waals surface area contributed by atoms with E-state index in [4.69, 9.17) is 0 Å². The molecule has 1 unspecified atom stereocenters. The molecule has 1 aromatic carbocycles. The SMILES string of the molecule is CNCC1CCCN1C(=O)c1ccn(-c2ccc([N+](=O)[O-])cc2)n1. The molecule has 3 rings (SSSR count). The van der Waals surface area contributed by atoms with Crippen molar-refractivity contribution in [2.24, 2.45) is 0 Å². The fourth-order valence-corrected chi connectivity index (χ4v) is 3.01. The Balaban J connectivity index is 1.77. The van der Waals surface area contributed by atoms with Gasteiger partial charge in [-0.2, -0.15) is 5.10 Å². The second kappa shape index (κ2) is 6.79. The van der Waals surface area contributed by atoms with Crippen molar-refractivity contribution in [1.82, 2.24) is 20.0 Å². The number of likely N-dealkylation sites (tertiary alicyclic amines) is 1. The molecule has 8 heteroatoms. The van der Waals surface area contributed by atoms with Crippen molar-refractivity contribution in [3.63, 3.8) is 0 Å². The first-order chi connectivity index (χ1) is 11.6. The number of likely N-dealkylation sites (N-methyl/N-ethyl adjacent to an activating group) is 1. The number of rotatable bonds is 5. The van der Waals surface area contributed by atoms with E-state index in [1.54, 1.807) is 29.1 Å². The summed E-state index contributed by atoms with van der Waals surface area (Å²) in [5.74, 6) is -0.0755. The molecule has 0 saturated carbocycles. The Labute approximate surface area is 139 Å². The number of nitrogens with one attached hydrogen (secondary N) is 1. The highest BCUT2D eigenvalue weighted by molar-refractivity contribution is 5.92. The molecule has 0 radical (unpaired) electrons. The molecule has 1 atom stereocenters. The highest BCUT2D eigenvalue weighted by Gasteiger charge is 2.30. The molecule has 8 nitrogen and oxygen atoms in total. The van der Waals surface area contributed by atoms with Crippen LogP contribution in [0.5, 0.6) is 0 Å². The summed E-state index contributed by atoms with van der Waals surface area (Å²) < 4.78 is 1.56. The first kappa shape index (κ1) is 16.1. The second-order valence-electron chi connectivity index (χ2n) is 5.77. The standard InChI is InChI=1S/C16H19N5O3/c1-17-11-14-3-2-9-19(14)16(22)15-8-10-20(18-15)12-4-6-13(7-5-12)21(23)24/h4-8,10,14,17H,2-3,9,11H2,1H3. The van der Waals surface area contributed by atoms with Crippen LogP contribution in [0.15, 0.2) is 36.5 Å². The van der Waals surface area contributed by atoms with Crippen LogP contribution in [-0.2, 0) is 0 Å². The Morgan fingerprint density at radius 2 is 2.12 bits per heavy atom. The minimum Gasteiger partial charge on any atom is -0.333 e. The predicted octanol–water partition coefficient (Wildman–Crippen LogP) is 1.60. The lowest BCUT2D eigenvalue weighted by molar-refractivity contribution is -0.384. The van der Waals surface area contributed by atoms with E-state index in [9.17, 15) is 14.9 Å². The average Bonchev–Trinajstić information content (AvgIpc) is 3.24. The van der Waals surface area contributed by atoms with Crippen molar-refractivity contribution >= 4 is 11.6 Å². The van der Waals surface area contributed by atoms with Gasteiger partial charge in [0.1, 0.15) is 0 Å². The van der Waals surface area contributed by atoms with Crippen LogP contribution >= 0.6 is 0 Å². The average molecular weight is 329 g/mol. The highest BCUT2D eigenvalue weighted by atomic mass is 16.6. The van der Waals surface area contributed by atoms with Crippen molar-refractivity contribution in [3.8, 4) is 5.69 Å². The van der Waals surface area contributed by atoms with Crippen molar-refractivity contribution < 1.29 is 9.72 Å². The molecule has 1 amide bonds. The largest absolute Gasteiger partial charge is 0.333 e. The van der Waals surface area contributed by atoms with E-state index in [2.05, 4.69) is 10.4 Å². The van der Waals surface area contributed by atoms with E-state index in [0.717, 1.165) is 25.9 Å². The molecular formula is C16H19N5O3. The van der Waals surface area contributed by atoms with Crippen molar-refractivity contribution in [2.45, 2.75) is 18.9 Å². The number of carbonyl (C=O) groups is 1. The number of nitro groups is 1. The molecule has 1 fully saturated rings. The van der Waals surface area contributed by atoms with Crippen LogP contribution in [0, 0.1) is 10.1 Å². The number of nitro benzene ring substituents is 1. The first-order valence-corrected chi connectivity index (χ1v) is 7.86. The molecule has 1 N–H and O–H groups in total. The maximum absolute atomic E-state index is 12.7. The van der Waals surface area contributed by atoms with Gasteiger partial charge in [-0.25, -0.2) is 4.68 Å². The van der Waals surface area contributed by atoms with E-state index >= 15 is 0 Å². The Morgan fingerprint density at radius 3 is 2.79 bits per heavy atom. The molecule has 24 heavy (non-hydrogen) atoms. The molecule has 1 aliphatic rings. The summed E-state index contributed by atoms with van der Waals surface area (Å²) in [6.07, 6.45) is 3.69. The number of benzene rings is 1. The summed E-state index contributed by atoms with van der Waals surface area (Å²) in [5.41, 5.74) is 1.08. The summed E-state index contributed by atoms with van der Waals surface area (Å²) in [6.45, 7) is 1.52. The molecule has 1 aromatic heterocycles. The topological polar surface area (TPSA) is 93.3 Å². The van der Waals surface area contributed by atoms with Crippen LogP contribution in [0.1, 0.15) is 23.3 Å². The molecule has 2 aromatic rings. The fraction of sp³-hybridized carbons (Fsp3) is 0.375. The van der Waals surface area contributed by atoms with Gasteiger partial charge in [-0.1, -0.05) is 0 Å². The van der Waals surface area contributed by atoms with E-state index in [0.29, 0.717) is 11.4 Å². The van der Waals surface area contributed by atoms with E-state index < -0.39 is 4.92 Å². The number of hydrogen-bond donors (Lipinski definition) is 1. The van der Waals surface area contributed by atoms with E-state index in [-0.39, 0.29) is 17.6 Å². The lowest BCUT2D eigenvalue weighted by Crippen LogP contribution is -2.41. The maximum Gasteiger partial charge on any atom is 0.274 e. The van der Waals surface area contributed by atoms with Gasteiger partial charge in [0.15, 0.2) is 5.69 Å². The molecule has 2 heterocycles. The number of non-ortho nitro benzene ring substituents is 1.